The van der Waals surface area contributed by atoms with Crippen LogP contribution in [0.1, 0.15) is 12.5 Å². The Kier molecular flexibility index (Phi) is 14.1. The third-order valence-corrected chi connectivity index (χ3v) is 3.28. The average molecular weight is 516 g/mol. The van der Waals surface area contributed by atoms with Gasteiger partial charge in [0.2, 0.25) is 5.91 Å². The maximum absolute atomic E-state index is 12.7. The number of carbonyl (C=O) groups is 1. The molecule has 0 heterocycles. The Morgan fingerprint density at radius 2 is 2.00 bits per heavy atom. The smallest absolute Gasteiger partial charge is 0.387 e. The van der Waals surface area contributed by atoms with Gasteiger partial charge in [0, 0.05) is 32.8 Å². The second-order valence-corrected chi connectivity index (χ2v) is 5.18. The first kappa shape index (κ1) is 26.1. The predicted octanol–water partition coefficient (Wildman–Crippen LogP) is 1.73. The van der Waals surface area contributed by atoms with Crippen molar-refractivity contribution in [2.24, 2.45) is 4.99 Å². The summed E-state index contributed by atoms with van der Waals surface area (Å²) < 4.78 is 40.3. The molecular weight excluding hydrogens is 489 g/mol. The standard InChI is InChI=1S/C17H26F2N4O4.HI/c1-4-26-13-7-5-6-12(15(13)27-16(18)19)10-22-17(20-2)23-11-14(24)21-8-9-25-3;/h5-7,16H,4,8-11H2,1-3H3,(H,21,24)(H2,20,22,23);1H. The first-order valence-electron chi connectivity index (χ1n) is 8.41. The normalized spacial score (nSPS) is 10.9. The Bertz CT molecular complexity index is 621. The fourth-order valence-corrected chi connectivity index (χ4v) is 2.11. The van der Waals surface area contributed by atoms with Crippen LogP contribution in [0.3, 0.4) is 0 Å². The second-order valence-electron chi connectivity index (χ2n) is 5.18. The highest BCUT2D eigenvalue weighted by atomic mass is 127. The molecule has 3 N–H and O–H groups in total. The number of nitrogens with one attached hydrogen (secondary N) is 3. The molecule has 0 aliphatic carbocycles. The van der Waals surface area contributed by atoms with Crippen LogP contribution in [-0.2, 0) is 16.1 Å². The minimum Gasteiger partial charge on any atom is -0.490 e. The SMILES string of the molecule is CCOc1cccc(CNC(=NC)NCC(=O)NCCOC)c1OC(F)F.I. The third kappa shape index (κ3) is 9.88. The summed E-state index contributed by atoms with van der Waals surface area (Å²) in [7, 11) is 3.08. The van der Waals surface area contributed by atoms with Gasteiger partial charge in [0.1, 0.15) is 0 Å². The number of halogens is 3. The van der Waals surface area contributed by atoms with Gasteiger partial charge in [-0.05, 0) is 13.0 Å². The molecule has 0 unspecified atom stereocenters. The Morgan fingerprint density at radius 3 is 2.61 bits per heavy atom. The van der Waals surface area contributed by atoms with E-state index < -0.39 is 6.61 Å². The fourth-order valence-electron chi connectivity index (χ4n) is 2.11. The van der Waals surface area contributed by atoms with Gasteiger partial charge in [0.15, 0.2) is 17.5 Å². The lowest BCUT2D eigenvalue weighted by Crippen LogP contribution is -2.43. The van der Waals surface area contributed by atoms with Crippen LogP contribution in [0.25, 0.3) is 0 Å². The van der Waals surface area contributed by atoms with Crippen molar-refractivity contribution in [3.63, 3.8) is 0 Å². The maximum Gasteiger partial charge on any atom is 0.387 e. The molecule has 1 aromatic carbocycles. The van der Waals surface area contributed by atoms with Crippen LogP contribution in [0, 0.1) is 0 Å². The first-order chi connectivity index (χ1) is 13.0. The van der Waals surface area contributed by atoms with Crippen molar-refractivity contribution in [1.82, 2.24) is 16.0 Å². The molecule has 8 nitrogen and oxygen atoms in total. The number of guanidine groups is 1. The zero-order chi connectivity index (χ0) is 20.1. The molecule has 0 fully saturated rings. The average Bonchev–Trinajstić information content (AvgIpc) is 2.64. The molecule has 0 aromatic heterocycles. The van der Waals surface area contributed by atoms with E-state index in [2.05, 4.69) is 25.7 Å². The van der Waals surface area contributed by atoms with E-state index in [9.17, 15) is 13.6 Å². The Balaban J connectivity index is 0.00000729. The van der Waals surface area contributed by atoms with Crippen LogP contribution < -0.4 is 25.4 Å². The van der Waals surface area contributed by atoms with Crippen molar-refractivity contribution in [1.29, 1.82) is 0 Å². The Labute approximate surface area is 180 Å². The van der Waals surface area contributed by atoms with E-state index >= 15 is 0 Å². The van der Waals surface area contributed by atoms with Crippen molar-refractivity contribution >= 4 is 35.8 Å². The molecule has 1 amide bonds. The number of aliphatic imine (C=N–C) groups is 1. The largest absolute Gasteiger partial charge is 0.490 e. The van der Waals surface area contributed by atoms with Gasteiger partial charge in [0.05, 0.1) is 19.8 Å². The van der Waals surface area contributed by atoms with E-state index in [-0.39, 0.29) is 54.5 Å². The molecule has 0 bridgehead atoms. The number of nitrogens with zero attached hydrogens (tertiary/aromatic N) is 1. The maximum atomic E-state index is 12.7. The summed E-state index contributed by atoms with van der Waals surface area (Å²) in [5.74, 6) is 0.309. The highest BCUT2D eigenvalue weighted by molar-refractivity contribution is 14.0. The number of benzene rings is 1. The van der Waals surface area contributed by atoms with Crippen LogP contribution >= 0.6 is 24.0 Å². The van der Waals surface area contributed by atoms with E-state index in [0.717, 1.165) is 0 Å². The molecule has 28 heavy (non-hydrogen) atoms. The number of hydrogen-bond acceptors (Lipinski definition) is 5. The number of hydrogen-bond donors (Lipinski definition) is 3. The van der Waals surface area contributed by atoms with Gasteiger partial charge < -0.3 is 30.2 Å². The number of para-hydroxylation sites is 1. The highest BCUT2D eigenvalue weighted by Gasteiger charge is 2.16. The molecule has 0 radical (unpaired) electrons. The molecule has 160 valence electrons. The van der Waals surface area contributed by atoms with Gasteiger partial charge in [-0.1, -0.05) is 12.1 Å². The quantitative estimate of drug-likeness (QED) is 0.180. The number of rotatable bonds is 11. The molecule has 0 aliphatic rings. The zero-order valence-electron chi connectivity index (χ0n) is 16.1. The van der Waals surface area contributed by atoms with Crippen LogP contribution in [0.2, 0.25) is 0 Å². The van der Waals surface area contributed by atoms with Crippen molar-refractivity contribution in [3.8, 4) is 11.5 Å². The molecule has 0 aliphatic heterocycles. The highest BCUT2D eigenvalue weighted by Crippen LogP contribution is 2.32. The van der Waals surface area contributed by atoms with Crippen LogP contribution in [0.15, 0.2) is 23.2 Å². The van der Waals surface area contributed by atoms with Gasteiger partial charge >= 0.3 is 6.61 Å². The predicted molar refractivity (Wildman–Crippen MR) is 113 cm³/mol. The summed E-state index contributed by atoms with van der Waals surface area (Å²) >= 11 is 0. The lowest BCUT2D eigenvalue weighted by Gasteiger charge is -2.17. The van der Waals surface area contributed by atoms with E-state index in [1.807, 2.05) is 0 Å². The van der Waals surface area contributed by atoms with Crippen molar-refractivity contribution in [3.05, 3.63) is 23.8 Å². The first-order valence-corrected chi connectivity index (χ1v) is 8.41. The molecule has 0 spiro atoms. The van der Waals surface area contributed by atoms with Crippen molar-refractivity contribution < 1.29 is 27.8 Å². The number of amides is 1. The molecule has 11 heteroatoms. The molecule has 0 saturated carbocycles. The van der Waals surface area contributed by atoms with E-state index in [1.165, 1.54) is 7.05 Å². The van der Waals surface area contributed by atoms with E-state index in [4.69, 9.17) is 9.47 Å². The number of alkyl halides is 2. The van der Waals surface area contributed by atoms with E-state index in [0.29, 0.717) is 31.3 Å². The molecule has 1 rings (SSSR count). The lowest BCUT2D eigenvalue weighted by molar-refractivity contribution is -0.120. The minimum absolute atomic E-state index is 0. The van der Waals surface area contributed by atoms with Crippen LogP contribution in [0.5, 0.6) is 11.5 Å². The van der Waals surface area contributed by atoms with Crippen LogP contribution in [0.4, 0.5) is 8.78 Å². The van der Waals surface area contributed by atoms with Crippen molar-refractivity contribution in [2.45, 2.75) is 20.1 Å². The molecule has 1 aromatic rings. The lowest BCUT2D eigenvalue weighted by atomic mass is 10.2. The van der Waals surface area contributed by atoms with Gasteiger partial charge in [-0.25, -0.2) is 0 Å². The summed E-state index contributed by atoms with van der Waals surface area (Å²) in [4.78, 5) is 15.7. The topological polar surface area (TPSA) is 93.2 Å². The summed E-state index contributed by atoms with van der Waals surface area (Å²) in [6.07, 6.45) is 0. The van der Waals surface area contributed by atoms with Gasteiger partial charge in [0.25, 0.3) is 0 Å². The number of ether oxygens (including phenoxy) is 3. The minimum atomic E-state index is -2.97. The van der Waals surface area contributed by atoms with Crippen LogP contribution in [-0.4, -0.2) is 58.9 Å². The molecule has 0 atom stereocenters. The summed E-state index contributed by atoms with van der Waals surface area (Å²) in [5.41, 5.74) is 0.466. The zero-order valence-corrected chi connectivity index (χ0v) is 18.4. The van der Waals surface area contributed by atoms with Gasteiger partial charge in [-0.15, -0.1) is 24.0 Å². The summed E-state index contributed by atoms with van der Waals surface area (Å²) in [5, 5.41) is 8.44. The molecule has 0 saturated heterocycles. The second kappa shape index (κ2) is 15.1. The van der Waals surface area contributed by atoms with Gasteiger partial charge in [-0.2, -0.15) is 8.78 Å². The molecular formula is C17H27F2IN4O4. The number of methoxy groups -OCH3 is 1. The monoisotopic (exact) mass is 516 g/mol. The Morgan fingerprint density at radius 1 is 1.25 bits per heavy atom. The number of carbonyl (C=O) groups excluding carboxylic acids is 1. The third-order valence-electron chi connectivity index (χ3n) is 3.28. The van der Waals surface area contributed by atoms with E-state index in [1.54, 1.807) is 32.2 Å². The van der Waals surface area contributed by atoms with Gasteiger partial charge in [-0.3, -0.25) is 9.79 Å². The summed E-state index contributed by atoms with van der Waals surface area (Å²) in [6, 6.07) is 4.87. The summed E-state index contributed by atoms with van der Waals surface area (Å²) in [6.45, 7) is 0.0667. The Hall–Kier alpha value is -1.89. The fraction of sp³-hybridized carbons (Fsp3) is 0.529. The van der Waals surface area contributed by atoms with Crippen molar-refractivity contribution in [2.75, 3.05) is 40.5 Å².